The number of nitrogens with zero attached hydrogens (tertiary/aromatic N) is 2. The number of rotatable bonds is 9. The zero-order valence-electron chi connectivity index (χ0n) is 17.7. The van der Waals surface area contributed by atoms with E-state index in [1.807, 2.05) is 31.2 Å². The van der Waals surface area contributed by atoms with E-state index in [9.17, 15) is 18.0 Å². The van der Waals surface area contributed by atoms with Crippen LogP contribution in [0.25, 0.3) is 0 Å². The fraction of sp³-hybridized carbons (Fsp3) is 0.476. The van der Waals surface area contributed by atoms with Gasteiger partial charge < -0.3 is 10.1 Å². The average molecular weight is 466 g/mol. The van der Waals surface area contributed by atoms with Crippen molar-refractivity contribution in [2.24, 2.45) is 0 Å². The standard InChI is InChI=1S/C21H27N3O5S2/c1-3-11-31(27,28)24-10-6-9-18(24)21(26)29-13-16-14-30-20(22-16)12-19(25)23-17-8-5-4-7-15(17)2/h4-5,7-8,14,18H,3,6,9-13H2,1-2H3,(H,23,25). The molecule has 1 unspecified atom stereocenters. The second-order valence-electron chi connectivity index (χ2n) is 7.46. The number of carbonyl (C=O) groups is 2. The molecule has 3 rings (SSSR count). The summed E-state index contributed by atoms with van der Waals surface area (Å²) in [5, 5.41) is 5.22. The fourth-order valence-corrected chi connectivity index (χ4v) is 5.98. The van der Waals surface area contributed by atoms with E-state index >= 15 is 0 Å². The highest BCUT2D eigenvalue weighted by Crippen LogP contribution is 2.23. The van der Waals surface area contributed by atoms with Crippen molar-refractivity contribution in [3.63, 3.8) is 0 Å². The van der Waals surface area contributed by atoms with E-state index in [0.29, 0.717) is 36.5 Å². The van der Waals surface area contributed by atoms with Crippen molar-refractivity contribution in [1.82, 2.24) is 9.29 Å². The second-order valence-corrected chi connectivity index (χ2v) is 10.4. The molecule has 1 saturated heterocycles. The molecular formula is C21H27N3O5S2. The molecule has 168 valence electrons. The maximum Gasteiger partial charge on any atom is 0.324 e. The van der Waals surface area contributed by atoms with Crippen LogP contribution >= 0.6 is 11.3 Å². The second kappa shape index (κ2) is 10.3. The normalized spacial score (nSPS) is 16.9. The monoisotopic (exact) mass is 465 g/mol. The van der Waals surface area contributed by atoms with Gasteiger partial charge in [-0.3, -0.25) is 9.59 Å². The SMILES string of the molecule is CCCS(=O)(=O)N1CCCC1C(=O)OCc1csc(CC(=O)Nc2ccccc2C)n1. The van der Waals surface area contributed by atoms with Crippen molar-refractivity contribution in [3.8, 4) is 0 Å². The summed E-state index contributed by atoms with van der Waals surface area (Å²) in [4.78, 5) is 29.1. The summed E-state index contributed by atoms with van der Waals surface area (Å²) >= 11 is 1.32. The van der Waals surface area contributed by atoms with Crippen molar-refractivity contribution >= 4 is 38.9 Å². The van der Waals surface area contributed by atoms with Gasteiger partial charge in [0.05, 0.1) is 17.9 Å². The Morgan fingerprint density at radius 1 is 1.32 bits per heavy atom. The summed E-state index contributed by atoms with van der Waals surface area (Å²) in [6.07, 6.45) is 1.72. The molecule has 1 N–H and O–H groups in total. The van der Waals surface area contributed by atoms with E-state index in [2.05, 4.69) is 10.3 Å². The number of amides is 1. The lowest BCUT2D eigenvalue weighted by atomic mass is 10.2. The first kappa shape index (κ1) is 23.4. The Morgan fingerprint density at radius 2 is 2.10 bits per heavy atom. The molecule has 2 aromatic rings. The number of hydrogen-bond donors (Lipinski definition) is 1. The van der Waals surface area contributed by atoms with Crippen molar-refractivity contribution in [2.75, 3.05) is 17.6 Å². The number of sulfonamides is 1. The molecule has 8 nitrogen and oxygen atoms in total. The van der Waals surface area contributed by atoms with E-state index in [4.69, 9.17) is 4.74 Å². The molecule has 0 aliphatic carbocycles. The Bertz CT molecular complexity index is 1040. The molecular weight excluding hydrogens is 438 g/mol. The third-order valence-electron chi connectivity index (χ3n) is 4.99. The molecule has 1 aromatic carbocycles. The predicted octanol–water partition coefficient (Wildman–Crippen LogP) is 2.88. The quantitative estimate of drug-likeness (QED) is 0.571. The minimum Gasteiger partial charge on any atom is -0.458 e. The molecule has 1 atom stereocenters. The number of anilines is 1. The van der Waals surface area contributed by atoms with Crippen molar-refractivity contribution in [3.05, 3.63) is 45.9 Å². The number of carbonyl (C=O) groups excluding carboxylic acids is 2. The fourth-order valence-electron chi connectivity index (χ4n) is 3.47. The molecule has 1 aliphatic heterocycles. The van der Waals surface area contributed by atoms with Crippen LogP contribution in [0.2, 0.25) is 0 Å². The molecule has 0 spiro atoms. The lowest BCUT2D eigenvalue weighted by Crippen LogP contribution is -2.42. The first-order valence-electron chi connectivity index (χ1n) is 10.2. The number of hydrogen-bond acceptors (Lipinski definition) is 7. The molecule has 1 fully saturated rings. The molecule has 0 bridgehead atoms. The minimum absolute atomic E-state index is 0.0246. The zero-order valence-corrected chi connectivity index (χ0v) is 19.3. The van der Waals surface area contributed by atoms with Gasteiger partial charge in [0.25, 0.3) is 0 Å². The molecule has 0 radical (unpaired) electrons. The highest BCUT2D eigenvalue weighted by molar-refractivity contribution is 7.89. The molecule has 31 heavy (non-hydrogen) atoms. The third kappa shape index (κ3) is 6.11. The summed E-state index contributed by atoms with van der Waals surface area (Å²) < 4.78 is 31.3. The van der Waals surface area contributed by atoms with Crippen LogP contribution in [0.3, 0.4) is 0 Å². The smallest absolute Gasteiger partial charge is 0.324 e. The van der Waals surface area contributed by atoms with Gasteiger partial charge in [-0.1, -0.05) is 25.1 Å². The summed E-state index contributed by atoms with van der Waals surface area (Å²) in [6, 6.07) is 6.76. The van der Waals surface area contributed by atoms with Gasteiger partial charge in [-0.25, -0.2) is 13.4 Å². The van der Waals surface area contributed by atoms with Gasteiger partial charge >= 0.3 is 5.97 Å². The van der Waals surface area contributed by atoms with Crippen molar-refractivity contribution < 1.29 is 22.7 Å². The highest BCUT2D eigenvalue weighted by atomic mass is 32.2. The average Bonchev–Trinajstić information content (AvgIpc) is 3.38. The lowest BCUT2D eigenvalue weighted by Gasteiger charge is -2.22. The Hall–Kier alpha value is -2.30. The number of aromatic nitrogens is 1. The van der Waals surface area contributed by atoms with Crippen molar-refractivity contribution in [2.45, 2.75) is 52.2 Å². The molecule has 2 heterocycles. The first-order chi connectivity index (χ1) is 14.8. The summed E-state index contributed by atoms with van der Waals surface area (Å²) in [5.74, 6) is -0.699. The van der Waals surface area contributed by atoms with Crippen LogP contribution in [0.4, 0.5) is 5.69 Å². The number of esters is 1. The van der Waals surface area contributed by atoms with Crippen LogP contribution in [0, 0.1) is 6.92 Å². The van der Waals surface area contributed by atoms with E-state index in [0.717, 1.165) is 11.3 Å². The maximum atomic E-state index is 12.5. The molecule has 1 aliphatic rings. The third-order valence-corrected chi connectivity index (χ3v) is 7.96. The molecule has 1 aromatic heterocycles. The number of nitrogens with one attached hydrogen (secondary N) is 1. The number of thiazole rings is 1. The van der Waals surface area contributed by atoms with Gasteiger partial charge in [-0.2, -0.15) is 4.31 Å². The summed E-state index contributed by atoms with van der Waals surface area (Å²) in [7, 11) is -3.45. The van der Waals surface area contributed by atoms with Gasteiger partial charge in [0.2, 0.25) is 15.9 Å². The summed E-state index contributed by atoms with van der Waals surface area (Å²) in [5.41, 5.74) is 2.28. The Balaban J connectivity index is 1.52. The van der Waals surface area contributed by atoms with Crippen LogP contribution < -0.4 is 5.32 Å². The van der Waals surface area contributed by atoms with Gasteiger partial charge in [-0.05, 0) is 37.8 Å². The molecule has 10 heteroatoms. The van der Waals surface area contributed by atoms with Gasteiger partial charge in [0, 0.05) is 17.6 Å². The van der Waals surface area contributed by atoms with Crippen molar-refractivity contribution in [1.29, 1.82) is 0 Å². The predicted molar refractivity (Wildman–Crippen MR) is 119 cm³/mol. The number of aryl methyl sites for hydroxylation is 1. The topological polar surface area (TPSA) is 106 Å². The van der Waals surface area contributed by atoms with E-state index in [1.165, 1.54) is 15.6 Å². The first-order valence-corrected chi connectivity index (χ1v) is 12.7. The van der Waals surface area contributed by atoms with Crippen LogP contribution in [0.5, 0.6) is 0 Å². The number of para-hydroxylation sites is 1. The van der Waals surface area contributed by atoms with Crippen LogP contribution in [0.1, 0.15) is 42.5 Å². The van der Waals surface area contributed by atoms with Gasteiger partial charge in [0.1, 0.15) is 17.7 Å². The van der Waals surface area contributed by atoms with E-state index in [1.54, 1.807) is 12.3 Å². The Kier molecular flexibility index (Phi) is 7.79. The van der Waals surface area contributed by atoms with Gasteiger partial charge in [-0.15, -0.1) is 11.3 Å². The minimum atomic E-state index is -3.45. The molecule has 0 saturated carbocycles. The van der Waals surface area contributed by atoms with E-state index < -0.39 is 22.0 Å². The van der Waals surface area contributed by atoms with Crippen LogP contribution in [-0.4, -0.2) is 47.9 Å². The number of benzene rings is 1. The van der Waals surface area contributed by atoms with Gasteiger partial charge in [0.15, 0.2) is 0 Å². The Morgan fingerprint density at radius 3 is 2.84 bits per heavy atom. The summed E-state index contributed by atoms with van der Waals surface area (Å²) in [6.45, 7) is 4.01. The van der Waals surface area contributed by atoms with Crippen LogP contribution in [0.15, 0.2) is 29.6 Å². The number of ether oxygens (including phenoxy) is 1. The maximum absolute atomic E-state index is 12.5. The zero-order chi connectivity index (χ0) is 22.4. The lowest BCUT2D eigenvalue weighted by molar-refractivity contribution is -0.148. The highest BCUT2D eigenvalue weighted by Gasteiger charge is 2.39. The van der Waals surface area contributed by atoms with E-state index in [-0.39, 0.29) is 24.7 Å². The largest absolute Gasteiger partial charge is 0.458 e. The van der Waals surface area contributed by atoms with Crippen LogP contribution in [-0.2, 0) is 37.4 Å². The Labute approximate surface area is 186 Å². The molecule has 1 amide bonds.